The Kier molecular flexibility index (Phi) is 5.79. The molecule has 3 heteroatoms. The molecule has 0 saturated heterocycles. The van der Waals surface area contributed by atoms with Crippen LogP contribution in [0.15, 0.2) is 61.2 Å². The van der Waals surface area contributed by atoms with Crippen LogP contribution in [0.3, 0.4) is 0 Å². The highest BCUT2D eigenvalue weighted by atomic mass is 35.5. The van der Waals surface area contributed by atoms with Crippen molar-refractivity contribution in [1.29, 1.82) is 0 Å². The molecule has 1 aromatic heterocycles. The van der Waals surface area contributed by atoms with Crippen molar-refractivity contribution in [3.8, 4) is 16.8 Å². The largest absolute Gasteiger partial charge is 0.306 e. The van der Waals surface area contributed by atoms with Gasteiger partial charge in [-0.15, -0.1) is 0 Å². The molecule has 2 aromatic carbocycles. The van der Waals surface area contributed by atoms with Gasteiger partial charge in [0.25, 0.3) is 0 Å². The maximum absolute atomic E-state index is 6.12. The van der Waals surface area contributed by atoms with Crippen LogP contribution in [-0.2, 0) is 6.42 Å². The molecule has 0 atom stereocenters. The van der Waals surface area contributed by atoms with E-state index in [1.165, 1.54) is 16.7 Å². The lowest BCUT2D eigenvalue weighted by molar-refractivity contribution is 1.06. The molecule has 0 spiro atoms. The third-order valence-electron chi connectivity index (χ3n) is 3.43. The Bertz CT molecular complexity index is 701. The zero-order chi connectivity index (χ0) is 15.9. The number of imidazole rings is 1. The zero-order valence-corrected chi connectivity index (χ0v) is 14.0. The van der Waals surface area contributed by atoms with Crippen LogP contribution in [0.4, 0.5) is 0 Å². The van der Waals surface area contributed by atoms with Gasteiger partial charge < -0.3 is 4.57 Å². The van der Waals surface area contributed by atoms with Crippen molar-refractivity contribution in [2.75, 3.05) is 0 Å². The predicted octanol–water partition coefficient (Wildman–Crippen LogP) is 5.78. The van der Waals surface area contributed by atoms with Gasteiger partial charge in [-0.05, 0) is 47.4 Å². The fourth-order valence-electron chi connectivity index (χ4n) is 2.35. The highest BCUT2D eigenvalue weighted by Crippen LogP contribution is 2.28. The minimum Gasteiger partial charge on any atom is -0.306 e. The van der Waals surface area contributed by atoms with Crippen LogP contribution >= 0.6 is 11.6 Å². The van der Waals surface area contributed by atoms with Gasteiger partial charge in [-0.25, -0.2) is 4.98 Å². The Morgan fingerprint density at radius 2 is 1.77 bits per heavy atom. The van der Waals surface area contributed by atoms with Gasteiger partial charge in [0.05, 0.1) is 6.33 Å². The molecule has 0 radical (unpaired) electrons. The summed E-state index contributed by atoms with van der Waals surface area (Å²) in [7, 11) is 0. The molecule has 0 saturated carbocycles. The Labute approximate surface area is 137 Å². The summed E-state index contributed by atoms with van der Waals surface area (Å²) in [6.07, 6.45) is 6.51. The van der Waals surface area contributed by atoms with Gasteiger partial charge in [-0.1, -0.05) is 50.6 Å². The lowest BCUT2D eigenvalue weighted by Crippen LogP contribution is -1.91. The standard InChI is InChI=1S/C17H15ClN2.C2H6/c1-2-13-3-6-15(18)11-17(13)14-4-7-16(8-5-14)20-10-9-19-12-20;1-2/h3-12H,2H2,1H3;1-2H3. The molecule has 0 fully saturated rings. The number of aromatic nitrogens is 2. The Hall–Kier alpha value is -2.06. The fourth-order valence-corrected chi connectivity index (χ4v) is 2.52. The number of rotatable bonds is 3. The fraction of sp³-hybridized carbons (Fsp3) is 0.211. The zero-order valence-electron chi connectivity index (χ0n) is 13.3. The van der Waals surface area contributed by atoms with E-state index in [1.54, 1.807) is 12.5 Å². The molecule has 2 nitrogen and oxygen atoms in total. The van der Waals surface area contributed by atoms with Crippen LogP contribution in [0.1, 0.15) is 26.3 Å². The number of nitrogens with zero attached hydrogens (tertiary/aromatic N) is 2. The smallest absolute Gasteiger partial charge is 0.0991 e. The Balaban J connectivity index is 0.000000847. The van der Waals surface area contributed by atoms with E-state index in [9.17, 15) is 0 Å². The molecular weight excluding hydrogens is 292 g/mol. The van der Waals surface area contributed by atoms with Crippen LogP contribution in [0.5, 0.6) is 0 Å². The van der Waals surface area contributed by atoms with Crippen LogP contribution < -0.4 is 0 Å². The van der Waals surface area contributed by atoms with Crippen molar-refractivity contribution in [1.82, 2.24) is 9.55 Å². The van der Waals surface area contributed by atoms with Crippen LogP contribution in [-0.4, -0.2) is 9.55 Å². The first kappa shape index (κ1) is 16.3. The summed E-state index contributed by atoms with van der Waals surface area (Å²) in [5, 5.41) is 0.774. The molecular formula is C19H21ClN2. The SMILES string of the molecule is CC.CCc1ccc(Cl)cc1-c1ccc(-n2ccnc2)cc1. The van der Waals surface area contributed by atoms with Gasteiger partial charge >= 0.3 is 0 Å². The normalized spacial score (nSPS) is 10.0. The maximum atomic E-state index is 6.12. The predicted molar refractivity (Wildman–Crippen MR) is 94.7 cm³/mol. The topological polar surface area (TPSA) is 17.8 Å². The maximum Gasteiger partial charge on any atom is 0.0991 e. The number of aryl methyl sites for hydroxylation is 1. The van der Waals surface area contributed by atoms with E-state index in [1.807, 2.05) is 36.7 Å². The summed E-state index contributed by atoms with van der Waals surface area (Å²) in [6, 6.07) is 14.5. The second kappa shape index (κ2) is 7.81. The summed E-state index contributed by atoms with van der Waals surface area (Å²) in [5.41, 5.74) is 4.81. The second-order valence-corrected chi connectivity index (χ2v) is 5.11. The molecule has 0 aliphatic heterocycles. The monoisotopic (exact) mass is 312 g/mol. The van der Waals surface area contributed by atoms with Crippen LogP contribution in [0.25, 0.3) is 16.8 Å². The van der Waals surface area contributed by atoms with Gasteiger partial charge in [-0.3, -0.25) is 0 Å². The van der Waals surface area contributed by atoms with E-state index in [-0.39, 0.29) is 0 Å². The first-order valence-corrected chi connectivity index (χ1v) is 8.03. The molecule has 114 valence electrons. The third kappa shape index (κ3) is 3.58. The van der Waals surface area contributed by atoms with E-state index >= 15 is 0 Å². The average molecular weight is 313 g/mol. The van der Waals surface area contributed by atoms with Crippen molar-refractivity contribution in [3.05, 3.63) is 71.8 Å². The minimum absolute atomic E-state index is 0.774. The van der Waals surface area contributed by atoms with Crippen molar-refractivity contribution < 1.29 is 0 Å². The van der Waals surface area contributed by atoms with Gasteiger partial charge in [0.2, 0.25) is 0 Å². The number of halogens is 1. The summed E-state index contributed by atoms with van der Waals surface area (Å²) in [4.78, 5) is 4.06. The van der Waals surface area contributed by atoms with Gasteiger partial charge in [0.15, 0.2) is 0 Å². The molecule has 0 unspecified atom stereocenters. The number of benzene rings is 2. The average Bonchev–Trinajstić information content (AvgIpc) is 3.11. The van der Waals surface area contributed by atoms with E-state index < -0.39 is 0 Å². The molecule has 0 aliphatic rings. The van der Waals surface area contributed by atoms with E-state index in [0.717, 1.165) is 17.1 Å². The second-order valence-electron chi connectivity index (χ2n) is 4.67. The van der Waals surface area contributed by atoms with Crippen molar-refractivity contribution in [2.24, 2.45) is 0 Å². The number of hydrogen-bond donors (Lipinski definition) is 0. The van der Waals surface area contributed by atoms with Crippen molar-refractivity contribution in [2.45, 2.75) is 27.2 Å². The molecule has 0 bridgehead atoms. The highest BCUT2D eigenvalue weighted by molar-refractivity contribution is 6.30. The summed E-state index contributed by atoms with van der Waals surface area (Å²) in [5.74, 6) is 0. The van der Waals surface area contributed by atoms with Crippen molar-refractivity contribution in [3.63, 3.8) is 0 Å². The first-order chi connectivity index (χ1) is 10.8. The lowest BCUT2D eigenvalue weighted by atomic mass is 9.98. The molecule has 0 N–H and O–H groups in total. The van der Waals surface area contributed by atoms with Gasteiger partial charge in [0, 0.05) is 23.1 Å². The summed E-state index contributed by atoms with van der Waals surface area (Å²) < 4.78 is 1.99. The molecule has 3 rings (SSSR count). The summed E-state index contributed by atoms with van der Waals surface area (Å²) in [6.45, 7) is 6.16. The van der Waals surface area contributed by atoms with Gasteiger partial charge in [-0.2, -0.15) is 0 Å². The van der Waals surface area contributed by atoms with Crippen molar-refractivity contribution >= 4 is 11.6 Å². The molecule has 22 heavy (non-hydrogen) atoms. The quantitative estimate of drug-likeness (QED) is 0.599. The minimum atomic E-state index is 0.774. The van der Waals surface area contributed by atoms with E-state index in [4.69, 9.17) is 11.6 Å². The number of hydrogen-bond acceptors (Lipinski definition) is 1. The highest BCUT2D eigenvalue weighted by Gasteiger charge is 2.05. The Morgan fingerprint density at radius 3 is 2.36 bits per heavy atom. The third-order valence-corrected chi connectivity index (χ3v) is 3.67. The first-order valence-electron chi connectivity index (χ1n) is 7.65. The van der Waals surface area contributed by atoms with Crippen LogP contribution in [0.2, 0.25) is 5.02 Å². The van der Waals surface area contributed by atoms with Gasteiger partial charge in [0.1, 0.15) is 0 Å². The molecule has 1 heterocycles. The molecule has 0 amide bonds. The Morgan fingerprint density at radius 1 is 1.05 bits per heavy atom. The molecule has 0 aliphatic carbocycles. The van der Waals surface area contributed by atoms with E-state index in [2.05, 4.69) is 42.2 Å². The van der Waals surface area contributed by atoms with Crippen LogP contribution in [0, 0.1) is 0 Å². The lowest BCUT2D eigenvalue weighted by Gasteiger charge is -2.10. The van der Waals surface area contributed by atoms with E-state index in [0.29, 0.717) is 0 Å². The molecule has 3 aromatic rings. The summed E-state index contributed by atoms with van der Waals surface area (Å²) >= 11 is 6.12.